The van der Waals surface area contributed by atoms with E-state index in [1.54, 1.807) is 6.20 Å². The summed E-state index contributed by atoms with van der Waals surface area (Å²) < 4.78 is 5.62. The van der Waals surface area contributed by atoms with Gasteiger partial charge < -0.3 is 9.42 Å². The highest BCUT2D eigenvalue weighted by molar-refractivity contribution is 5.81. The van der Waals surface area contributed by atoms with E-state index in [0.29, 0.717) is 30.1 Å². The van der Waals surface area contributed by atoms with Gasteiger partial charge in [-0.25, -0.2) is 0 Å². The number of hydrogen-bond acceptors (Lipinski definition) is 6. The van der Waals surface area contributed by atoms with E-state index in [4.69, 9.17) is 4.52 Å². The summed E-state index contributed by atoms with van der Waals surface area (Å²) in [6.07, 6.45) is 5.80. The standard InChI is InChI=1S/C19H23N5O2/c1-13-21-18(26-22-13)19-11-23(8-14-3-2-6-20-7-14)9-16(19)10-24(12-19)17(25)15-4-5-15/h2-3,6-7,15-16H,4-5,8-12H2,1H3/t16-,19-/m0/s1. The minimum absolute atomic E-state index is 0.242. The number of pyridine rings is 1. The second-order valence-electron chi connectivity index (χ2n) is 8.02. The summed E-state index contributed by atoms with van der Waals surface area (Å²) in [4.78, 5) is 25.9. The number of fused-ring (bicyclic) bond motifs is 1. The Morgan fingerprint density at radius 3 is 2.92 bits per heavy atom. The molecular formula is C19H23N5O2. The Morgan fingerprint density at radius 1 is 1.35 bits per heavy atom. The van der Waals surface area contributed by atoms with Crippen molar-refractivity contribution < 1.29 is 9.32 Å². The summed E-state index contributed by atoms with van der Waals surface area (Å²) in [5, 5.41) is 4.02. The Kier molecular flexibility index (Phi) is 3.60. The number of likely N-dealkylation sites (tertiary alicyclic amines) is 2. The zero-order valence-electron chi connectivity index (χ0n) is 15.0. The smallest absolute Gasteiger partial charge is 0.236 e. The molecule has 1 amide bonds. The van der Waals surface area contributed by atoms with Crippen LogP contribution in [0.3, 0.4) is 0 Å². The largest absolute Gasteiger partial charge is 0.341 e. The molecule has 1 aliphatic carbocycles. The van der Waals surface area contributed by atoms with E-state index in [9.17, 15) is 4.79 Å². The number of hydrogen-bond donors (Lipinski definition) is 0. The van der Waals surface area contributed by atoms with Crippen molar-refractivity contribution in [2.45, 2.75) is 31.7 Å². The van der Waals surface area contributed by atoms with Gasteiger partial charge >= 0.3 is 0 Å². The third kappa shape index (κ3) is 2.61. The zero-order chi connectivity index (χ0) is 17.7. The van der Waals surface area contributed by atoms with Gasteiger partial charge in [0.25, 0.3) is 0 Å². The highest BCUT2D eigenvalue weighted by atomic mass is 16.5. The van der Waals surface area contributed by atoms with E-state index in [2.05, 4.69) is 26.1 Å². The lowest BCUT2D eigenvalue weighted by atomic mass is 9.81. The lowest BCUT2D eigenvalue weighted by Crippen LogP contribution is -2.40. The second-order valence-corrected chi connectivity index (χ2v) is 8.02. The lowest BCUT2D eigenvalue weighted by Gasteiger charge is -2.26. The molecule has 0 N–H and O–H groups in total. The molecule has 3 fully saturated rings. The molecule has 4 heterocycles. The van der Waals surface area contributed by atoms with Gasteiger partial charge in [-0.15, -0.1) is 0 Å². The molecule has 5 rings (SSSR count). The molecule has 0 unspecified atom stereocenters. The summed E-state index contributed by atoms with van der Waals surface area (Å²) in [5.41, 5.74) is 0.962. The van der Waals surface area contributed by atoms with Crippen molar-refractivity contribution >= 4 is 5.91 Å². The van der Waals surface area contributed by atoms with Gasteiger partial charge in [-0.2, -0.15) is 4.98 Å². The summed E-state index contributed by atoms with van der Waals surface area (Å²) in [5.74, 6) is 2.25. The number of nitrogens with zero attached hydrogens (tertiary/aromatic N) is 5. The van der Waals surface area contributed by atoms with Crippen molar-refractivity contribution in [3.05, 3.63) is 41.8 Å². The molecule has 7 heteroatoms. The van der Waals surface area contributed by atoms with Crippen molar-refractivity contribution in [1.29, 1.82) is 0 Å². The number of carbonyl (C=O) groups is 1. The van der Waals surface area contributed by atoms with E-state index < -0.39 is 0 Å². The number of amides is 1. The van der Waals surface area contributed by atoms with Crippen LogP contribution in [0, 0.1) is 18.8 Å². The second kappa shape index (κ2) is 5.87. The summed E-state index contributed by atoms with van der Waals surface area (Å²) in [7, 11) is 0. The predicted octanol–water partition coefficient (Wildman–Crippen LogP) is 1.40. The van der Waals surface area contributed by atoms with Crippen LogP contribution >= 0.6 is 0 Å². The molecule has 3 aliphatic rings. The molecular weight excluding hydrogens is 330 g/mol. The van der Waals surface area contributed by atoms with Gasteiger partial charge in [0.05, 0.1) is 5.41 Å². The normalized spacial score (nSPS) is 28.5. The lowest BCUT2D eigenvalue weighted by molar-refractivity contribution is -0.132. The zero-order valence-corrected chi connectivity index (χ0v) is 15.0. The molecule has 2 atom stereocenters. The maximum atomic E-state index is 12.6. The minimum atomic E-state index is -0.242. The highest BCUT2D eigenvalue weighted by Crippen LogP contribution is 2.46. The quantitative estimate of drug-likeness (QED) is 0.827. The van der Waals surface area contributed by atoms with E-state index in [0.717, 1.165) is 39.0 Å². The van der Waals surface area contributed by atoms with Crippen molar-refractivity contribution in [1.82, 2.24) is 24.9 Å². The van der Waals surface area contributed by atoms with Crippen molar-refractivity contribution in [2.75, 3.05) is 26.2 Å². The van der Waals surface area contributed by atoms with Crippen LogP contribution in [-0.2, 0) is 16.8 Å². The van der Waals surface area contributed by atoms with Crippen molar-refractivity contribution in [2.24, 2.45) is 11.8 Å². The Balaban J connectivity index is 1.41. The number of aryl methyl sites for hydroxylation is 1. The maximum absolute atomic E-state index is 12.6. The third-order valence-electron chi connectivity index (χ3n) is 6.00. The summed E-state index contributed by atoms with van der Waals surface area (Å²) >= 11 is 0. The summed E-state index contributed by atoms with van der Waals surface area (Å²) in [6.45, 7) is 5.96. The Morgan fingerprint density at radius 2 is 2.23 bits per heavy atom. The molecule has 2 aliphatic heterocycles. The molecule has 1 saturated carbocycles. The van der Waals surface area contributed by atoms with Gasteiger partial charge in [0.1, 0.15) is 0 Å². The molecule has 7 nitrogen and oxygen atoms in total. The third-order valence-corrected chi connectivity index (χ3v) is 6.00. The van der Waals surface area contributed by atoms with Gasteiger partial charge in [-0.05, 0) is 31.4 Å². The molecule has 26 heavy (non-hydrogen) atoms. The van der Waals surface area contributed by atoms with Crippen LogP contribution in [-0.4, -0.2) is 57.0 Å². The number of aromatic nitrogens is 3. The highest BCUT2D eigenvalue weighted by Gasteiger charge is 2.58. The van der Waals surface area contributed by atoms with Crippen LogP contribution in [0.25, 0.3) is 0 Å². The maximum Gasteiger partial charge on any atom is 0.236 e. The average Bonchev–Trinajstić information content (AvgIpc) is 3.16. The first-order chi connectivity index (χ1) is 12.6. The Hall–Kier alpha value is -2.28. The Bertz CT molecular complexity index is 818. The van der Waals surface area contributed by atoms with Crippen LogP contribution in [0.1, 0.15) is 30.1 Å². The van der Waals surface area contributed by atoms with Crippen molar-refractivity contribution in [3.8, 4) is 0 Å². The first-order valence-electron chi connectivity index (χ1n) is 9.35. The molecule has 0 radical (unpaired) electrons. The molecule has 0 aromatic carbocycles. The van der Waals surface area contributed by atoms with Crippen LogP contribution in [0.5, 0.6) is 0 Å². The molecule has 2 aromatic heterocycles. The fraction of sp³-hybridized carbons (Fsp3) is 0.579. The van der Waals surface area contributed by atoms with Crippen LogP contribution < -0.4 is 0 Å². The first-order valence-corrected chi connectivity index (χ1v) is 9.35. The predicted molar refractivity (Wildman–Crippen MR) is 93.0 cm³/mol. The topological polar surface area (TPSA) is 75.4 Å². The minimum Gasteiger partial charge on any atom is -0.341 e. The molecule has 0 spiro atoms. The molecule has 0 bridgehead atoms. The number of rotatable bonds is 4. The van der Waals surface area contributed by atoms with Crippen LogP contribution in [0.2, 0.25) is 0 Å². The molecule has 2 aromatic rings. The van der Waals surface area contributed by atoms with Crippen LogP contribution in [0.4, 0.5) is 0 Å². The Labute approximate surface area is 152 Å². The van der Waals surface area contributed by atoms with Crippen molar-refractivity contribution in [3.63, 3.8) is 0 Å². The van der Waals surface area contributed by atoms with Gasteiger partial charge in [-0.1, -0.05) is 11.2 Å². The van der Waals surface area contributed by atoms with Gasteiger partial charge in [0.2, 0.25) is 11.8 Å². The monoisotopic (exact) mass is 353 g/mol. The molecule has 136 valence electrons. The van der Waals surface area contributed by atoms with E-state index in [1.807, 2.05) is 24.1 Å². The van der Waals surface area contributed by atoms with Gasteiger partial charge in [-0.3, -0.25) is 14.7 Å². The van der Waals surface area contributed by atoms with E-state index in [1.165, 1.54) is 5.56 Å². The first kappa shape index (κ1) is 15.9. The SMILES string of the molecule is Cc1noc([C@]23CN(Cc4cccnc4)C[C@H]2CN(C(=O)C2CC2)C3)n1. The van der Waals surface area contributed by atoms with E-state index >= 15 is 0 Å². The average molecular weight is 353 g/mol. The fourth-order valence-corrected chi connectivity index (χ4v) is 4.60. The van der Waals surface area contributed by atoms with Gasteiger partial charge in [0.15, 0.2) is 5.82 Å². The summed E-state index contributed by atoms with van der Waals surface area (Å²) in [6, 6.07) is 4.08. The number of carbonyl (C=O) groups excluding carboxylic acids is 1. The van der Waals surface area contributed by atoms with E-state index in [-0.39, 0.29) is 11.3 Å². The van der Waals surface area contributed by atoms with Crippen LogP contribution in [0.15, 0.2) is 29.0 Å². The fourth-order valence-electron chi connectivity index (χ4n) is 4.60. The van der Waals surface area contributed by atoms with Gasteiger partial charge in [0, 0.05) is 57.0 Å². The molecule has 2 saturated heterocycles.